The summed E-state index contributed by atoms with van der Waals surface area (Å²) in [7, 11) is 0. The van der Waals surface area contributed by atoms with Crippen LogP contribution in [-0.4, -0.2) is 10.9 Å². The Labute approximate surface area is 78.4 Å². The highest BCUT2D eigenvalue weighted by molar-refractivity contribution is 7.17. The molecule has 64 valence electrons. The van der Waals surface area contributed by atoms with Crippen molar-refractivity contribution in [2.45, 2.75) is 6.54 Å². The van der Waals surface area contributed by atoms with Gasteiger partial charge in [-0.2, -0.15) is 0 Å². The van der Waals surface area contributed by atoms with Gasteiger partial charge < -0.3 is 5.32 Å². The first-order chi connectivity index (χ1) is 6.36. The van der Waals surface area contributed by atoms with Gasteiger partial charge in [0.25, 0.3) is 5.91 Å². The molecule has 4 heteroatoms. The molecule has 2 aromatic rings. The van der Waals surface area contributed by atoms with Crippen LogP contribution in [0.2, 0.25) is 0 Å². The molecule has 2 heterocycles. The van der Waals surface area contributed by atoms with E-state index in [2.05, 4.69) is 10.3 Å². The van der Waals surface area contributed by atoms with Gasteiger partial charge >= 0.3 is 0 Å². The minimum Gasteiger partial charge on any atom is -0.348 e. The Kier molecular flexibility index (Phi) is 1.24. The molecule has 0 bridgehead atoms. The molecular weight excluding hydrogens is 184 g/mol. The maximum Gasteiger partial charge on any atom is 0.251 e. The Morgan fingerprint density at radius 1 is 1.46 bits per heavy atom. The summed E-state index contributed by atoms with van der Waals surface area (Å²) >= 11 is 1.59. The van der Waals surface area contributed by atoms with E-state index < -0.39 is 0 Å². The Morgan fingerprint density at radius 3 is 3.31 bits per heavy atom. The third-order valence-electron chi connectivity index (χ3n) is 2.27. The fourth-order valence-electron chi connectivity index (χ4n) is 1.64. The Bertz CT molecular complexity index is 503. The smallest absolute Gasteiger partial charge is 0.251 e. The minimum absolute atomic E-state index is 0.0327. The number of aromatic nitrogens is 1. The number of carbonyl (C=O) groups excluding carboxylic acids is 1. The van der Waals surface area contributed by atoms with Gasteiger partial charge in [-0.15, -0.1) is 11.3 Å². The summed E-state index contributed by atoms with van der Waals surface area (Å²) in [5.74, 6) is 0.0327. The number of benzene rings is 1. The van der Waals surface area contributed by atoms with E-state index in [1.165, 1.54) is 0 Å². The van der Waals surface area contributed by atoms with Crippen LogP contribution in [-0.2, 0) is 6.54 Å². The summed E-state index contributed by atoms with van der Waals surface area (Å²) in [5.41, 5.74) is 4.70. The van der Waals surface area contributed by atoms with E-state index >= 15 is 0 Å². The lowest BCUT2D eigenvalue weighted by Gasteiger charge is -1.94. The van der Waals surface area contributed by atoms with Crippen molar-refractivity contribution in [3.8, 4) is 0 Å². The summed E-state index contributed by atoms with van der Waals surface area (Å²) < 4.78 is 1.14. The van der Waals surface area contributed by atoms with Crippen LogP contribution in [0.25, 0.3) is 10.2 Å². The molecule has 13 heavy (non-hydrogen) atoms. The molecule has 1 aliphatic rings. The van der Waals surface area contributed by atoms with Crippen molar-refractivity contribution < 1.29 is 4.79 Å². The average molecular weight is 190 g/mol. The van der Waals surface area contributed by atoms with E-state index in [-0.39, 0.29) is 5.91 Å². The monoisotopic (exact) mass is 190 g/mol. The van der Waals surface area contributed by atoms with Crippen LogP contribution < -0.4 is 5.32 Å². The molecule has 0 aliphatic carbocycles. The first-order valence-electron chi connectivity index (χ1n) is 3.99. The number of nitrogens with zero attached hydrogens (tertiary/aromatic N) is 1. The molecule has 0 spiro atoms. The van der Waals surface area contributed by atoms with Gasteiger partial charge in [-0.1, -0.05) is 0 Å². The van der Waals surface area contributed by atoms with Crippen LogP contribution >= 0.6 is 11.3 Å². The SMILES string of the molecule is O=C1NCc2c1ccc1ncsc21. The zero-order valence-corrected chi connectivity index (χ0v) is 7.52. The summed E-state index contributed by atoms with van der Waals surface area (Å²) in [6, 6.07) is 3.75. The summed E-state index contributed by atoms with van der Waals surface area (Å²) in [4.78, 5) is 15.5. The largest absolute Gasteiger partial charge is 0.348 e. The number of rotatable bonds is 0. The lowest BCUT2D eigenvalue weighted by Crippen LogP contribution is -2.12. The van der Waals surface area contributed by atoms with Gasteiger partial charge in [-0.25, -0.2) is 4.98 Å². The van der Waals surface area contributed by atoms with Gasteiger partial charge in [0.2, 0.25) is 0 Å². The second kappa shape index (κ2) is 2.29. The highest BCUT2D eigenvalue weighted by Gasteiger charge is 2.21. The molecule has 1 aromatic heterocycles. The highest BCUT2D eigenvalue weighted by Crippen LogP contribution is 2.28. The predicted octanol–water partition coefficient (Wildman–Crippen LogP) is 1.54. The van der Waals surface area contributed by atoms with Crippen molar-refractivity contribution in [3.63, 3.8) is 0 Å². The third kappa shape index (κ3) is 0.833. The molecule has 0 fully saturated rings. The molecule has 0 saturated heterocycles. The van der Waals surface area contributed by atoms with Gasteiger partial charge in [0.1, 0.15) is 0 Å². The zero-order chi connectivity index (χ0) is 8.84. The van der Waals surface area contributed by atoms with Gasteiger partial charge in [0.05, 0.1) is 15.7 Å². The van der Waals surface area contributed by atoms with Crippen LogP contribution in [0.3, 0.4) is 0 Å². The quantitative estimate of drug-likeness (QED) is 0.684. The standard InChI is InChI=1S/C9H6N2OS/c12-9-5-1-2-7-8(13-4-11-7)6(5)3-10-9/h1-2,4H,3H2,(H,10,12). The Morgan fingerprint density at radius 2 is 2.38 bits per heavy atom. The number of amides is 1. The van der Waals surface area contributed by atoms with Crippen LogP contribution in [0.1, 0.15) is 15.9 Å². The molecule has 3 nitrogen and oxygen atoms in total. The van der Waals surface area contributed by atoms with Crippen molar-refractivity contribution in [3.05, 3.63) is 28.8 Å². The number of carbonyl (C=O) groups is 1. The third-order valence-corrected chi connectivity index (χ3v) is 3.17. The number of fused-ring (bicyclic) bond motifs is 3. The molecule has 1 aromatic carbocycles. The van der Waals surface area contributed by atoms with Crippen LogP contribution in [0.15, 0.2) is 17.6 Å². The van der Waals surface area contributed by atoms with Gasteiger partial charge in [-0.3, -0.25) is 4.79 Å². The zero-order valence-electron chi connectivity index (χ0n) is 6.70. The predicted molar refractivity (Wildman–Crippen MR) is 50.8 cm³/mol. The van der Waals surface area contributed by atoms with E-state index in [1.54, 1.807) is 11.3 Å². The van der Waals surface area contributed by atoms with E-state index in [0.29, 0.717) is 6.54 Å². The lowest BCUT2D eigenvalue weighted by molar-refractivity contribution is 0.0966. The van der Waals surface area contributed by atoms with E-state index in [9.17, 15) is 4.79 Å². The van der Waals surface area contributed by atoms with Crippen molar-refractivity contribution in [1.82, 2.24) is 10.3 Å². The van der Waals surface area contributed by atoms with Gasteiger partial charge in [0, 0.05) is 17.7 Å². The topological polar surface area (TPSA) is 42.0 Å². The molecule has 0 unspecified atom stereocenters. The number of hydrogen-bond donors (Lipinski definition) is 1. The molecule has 1 aliphatic heterocycles. The minimum atomic E-state index is 0.0327. The van der Waals surface area contributed by atoms with Crippen LogP contribution in [0, 0.1) is 0 Å². The van der Waals surface area contributed by atoms with Crippen molar-refractivity contribution in [2.75, 3.05) is 0 Å². The molecular formula is C9H6N2OS. The van der Waals surface area contributed by atoms with Crippen molar-refractivity contribution >= 4 is 27.5 Å². The molecule has 0 radical (unpaired) electrons. The first kappa shape index (κ1) is 7.03. The second-order valence-electron chi connectivity index (χ2n) is 2.97. The number of thiazole rings is 1. The molecule has 3 rings (SSSR count). The van der Waals surface area contributed by atoms with E-state index in [0.717, 1.165) is 21.3 Å². The van der Waals surface area contributed by atoms with E-state index in [1.807, 2.05) is 17.6 Å². The molecule has 0 saturated carbocycles. The maximum absolute atomic E-state index is 11.3. The highest BCUT2D eigenvalue weighted by atomic mass is 32.1. The summed E-state index contributed by atoms with van der Waals surface area (Å²) in [6.07, 6.45) is 0. The van der Waals surface area contributed by atoms with Crippen molar-refractivity contribution in [1.29, 1.82) is 0 Å². The average Bonchev–Trinajstić information content (AvgIpc) is 2.70. The van der Waals surface area contributed by atoms with Crippen LogP contribution in [0.5, 0.6) is 0 Å². The molecule has 0 atom stereocenters. The fourth-order valence-corrected chi connectivity index (χ4v) is 2.47. The normalized spacial score (nSPS) is 14.6. The fraction of sp³-hybridized carbons (Fsp3) is 0.111. The lowest BCUT2D eigenvalue weighted by atomic mass is 10.1. The maximum atomic E-state index is 11.3. The van der Waals surface area contributed by atoms with Crippen LogP contribution in [0.4, 0.5) is 0 Å². The second-order valence-corrected chi connectivity index (χ2v) is 3.83. The summed E-state index contributed by atoms with van der Waals surface area (Å²) in [5, 5.41) is 2.81. The van der Waals surface area contributed by atoms with Crippen molar-refractivity contribution in [2.24, 2.45) is 0 Å². The molecule has 1 N–H and O–H groups in total. The Balaban J connectivity index is 2.45. The number of hydrogen-bond acceptors (Lipinski definition) is 3. The van der Waals surface area contributed by atoms with Gasteiger partial charge in [-0.05, 0) is 12.1 Å². The first-order valence-corrected chi connectivity index (χ1v) is 4.87. The van der Waals surface area contributed by atoms with E-state index in [4.69, 9.17) is 0 Å². The molecule has 1 amide bonds. The van der Waals surface area contributed by atoms with Gasteiger partial charge in [0.15, 0.2) is 0 Å². The summed E-state index contributed by atoms with van der Waals surface area (Å²) in [6.45, 7) is 0.647. The Hall–Kier alpha value is -1.42. The number of nitrogens with one attached hydrogen (secondary N) is 1.